The molecule has 110 valence electrons. The Morgan fingerprint density at radius 1 is 1.35 bits per heavy atom. The molecule has 1 spiro atoms. The molecule has 0 aliphatic carbocycles. The van der Waals surface area contributed by atoms with Crippen LogP contribution in [-0.2, 0) is 16.0 Å². The first-order valence-corrected chi connectivity index (χ1v) is 7.71. The molecule has 3 rings (SSSR count). The number of halogens is 1. The van der Waals surface area contributed by atoms with Crippen LogP contribution in [0.25, 0.3) is 0 Å². The Labute approximate surface area is 125 Å². The van der Waals surface area contributed by atoms with Crippen molar-refractivity contribution in [3.8, 4) is 0 Å². The van der Waals surface area contributed by atoms with E-state index in [-0.39, 0.29) is 11.7 Å². The molecular formula is C16H22ClNO2. The van der Waals surface area contributed by atoms with E-state index in [1.54, 1.807) is 7.11 Å². The highest BCUT2D eigenvalue weighted by Crippen LogP contribution is 2.37. The molecule has 0 bridgehead atoms. The minimum atomic E-state index is 0.0671. The molecule has 2 aliphatic rings. The summed E-state index contributed by atoms with van der Waals surface area (Å²) in [4.78, 5) is 2.47. The lowest BCUT2D eigenvalue weighted by Gasteiger charge is -2.38. The van der Waals surface area contributed by atoms with Crippen LogP contribution in [0.4, 0.5) is 0 Å². The monoisotopic (exact) mass is 295 g/mol. The summed E-state index contributed by atoms with van der Waals surface area (Å²) in [5.74, 6) is 0. The van der Waals surface area contributed by atoms with Crippen molar-refractivity contribution in [2.45, 2.75) is 37.5 Å². The molecule has 3 nitrogen and oxygen atoms in total. The van der Waals surface area contributed by atoms with E-state index in [9.17, 15) is 0 Å². The van der Waals surface area contributed by atoms with Gasteiger partial charge in [0, 0.05) is 38.2 Å². The third kappa shape index (κ3) is 3.01. The molecule has 1 atom stereocenters. The zero-order valence-electron chi connectivity index (χ0n) is 12.0. The fourth-order valence-corrected chi connectivity index (χ4v) is 3.48. The highest BCUT2D eigenvalue weighted by atomic mass is 35.5. The first-order valence-electron chi connectivity index (χ1n) is 7.33. The predicted octanol–water partition coefficient (Wildman–Crippen LogP) is 3.11. The van der Waals surface area contributed by atoms with Gasteiger partial charge in [-0.05, 0) is 24.5 Å². The van der Waals surface area contributed by atoms with Gasteiger partial charge in [0.1, 0.15) is 0 Å². The van der Waals surface area contributed by atoms with Crippen LogP contribution in [0.3, 0.4) is 0 Å². The molecule has 2 saturated heterocycles. The van der Waals surface area contributed by atoms with Gasteiger partial charge in [-0.3, -0.25) is 4.90 Å². The van der Waals surface area contributed by atoms with Crippen LogP contribution in [0.2, 0.25) is 5.02 Å². The van der Waals surface area contributed by atoms with E-state index >= 15 is 0 Å². The summed E-state index contributed by atoms with van der Waals surface area (Å²) in [5, 5.41) is 0.865. The van der Waals surface area contributed by atoms with Crippen LogP contribution in [0.5, 0.6) is 0 Å². The SMILES string of the molecule is COC1COC2(CCN(Cc3ccccc3Cl)CC2)C1. The van der Waals surface area contributed by atoms with E-state index in [1.807, 2.05) is 12.1 Å². The van der Waals surface area contributed by atoms with E-state index in [4.69, 9.17) is 21.1 Å². The Morgan fingerprint density at radius 2 is 2.10 bits per heavy atom. The molecule has 4 heteroatoms. The van der Waals surface area contributed by atoms with Crippen molar-refractivity contribution < 1.29 is 9.47 Å². The van der Waals surface area contributed by atoms with Gasteiger partial charge in [-0.25, -0.2) is 0 Å². The maximum Gasteiger partial charge on any atom is 0.0832 e. The maximum absolute atomic E-state index is 6.23. The van der Waals surface area contributed by atoms with Crippen molar-refractivity contribution in [2.75, 3.05) is 26.8 Å². The molecule has 0 saturated carbocycles. The van der Waals surface area contributed by atoms with Crippen LogP contribution in [-0.4, -0.2) is 43.4 Å². The number of nitrogens with zero attached hydrogens (tertiary/aromatic N) is 1. The van der Waals surface area contributed by atoms with Gasteiger partial charge >= 0.3 is 0 Å². The van der Waals surface area contributed by atoms with Crippen LogP contribution >= 0.6 is 11.6 Å². The maximum atomic E-state index is 6.23. The van der Waals surface area contributed by atoms with Gasteiger partial charge in [0.05, 0.1) is 18.3 Å². The van der Waals surface area contributed by atoms with Gasteiger partial charge in [0.25, 0.3) is 0 Å². The molecule has 0 N–H and O–H groups in total. The third-order valence-electron chi connectivity index (χ3n) is 4.63. The average molecular weight is 296 g/mol. The van der Waals surface area contributed by atoms with Gasteiger partial charge in [-0.15, -0.1) is 0 Å². The predicted molar refractivity (Wildman–Crippen MR) is 80.1 cm³/mol. The van der Waals surface area contributed by atoms with E-state index in [2.05, 4.69) is 17.0 Å². The Balaban J connectivity index is 1.56. The topological polar surface area (TPSA) is 21.7 Å². The van der Waals surface area contributed by atoms with Crippen molar-refractivity contribution in [3.63, 3.8) is 0 Å². The molecule has 0 radical (unpaired) electrons. The number of rotatable bonds is 3. The lowest BCUT2D eigenvalue weighted by atomic mass is 9.88. The highest BCUT2D eigenvalue weighted by molar-refractivity contribution is 6.31. The van der Waals surface area contributed by atoms with Crippen molar-refractivity contribution in [1.82, 2.24) is 4.90 Å². The van der Waals surface area contributed by atoms with Crippen LogP contribution in [0.1, 0.15) is 24.8 Å². The standard InChI is InChI=1S/C16H22ClNO2/c1-19-14-10-16(20-12-14)6-8-18(9-7-16)11-13-4-2-3-5-15(13)17/h2-5,14H,6-12H2,1H3. The molecule has 1 aromatic rings. The van der Waals surface area contributed by atoms with Crippen LogP contribution in [0.15, 0.2) is 24.3 Å². The Kier molecular flexibility index (Phi) is 4.32. The van der Waals surface area contributed by atoms with Crippen molar-refractivity contribution >= 4 is 11.6 Å². The van der Waals surface area contributed by atoms with Crippen LogP contribution in [0, 0.1) is 0 Å². The summed E-state index contributed by atoms with van der Waals surface area (Å²) in [6, 6.07) is 8.11. The highest BCUT2D eigenvalue weighted by Gasteiger charge is 2.42. The minimum absolute atomic E-state index is 0.0671. The minimum Gasteiger partial charge on any atom is -0.379 e. The second kappa shape index (κ2) is 6.02. The zero-order chi connectivity index (χ0) is 14.0. The van der Waals surface area contributed by atoms with Crippen molar-refractivity contribution in [2.24, 2.45) is 0 Å². The molecule has 0 aromatic heterocycles. The van der Waals surface area contributed by atoms with E-state index < -0.39 is 0 Å². The lowest BCUT2D eigenvalue weighted by Crippen LogP contribution is -2.43. The Hall–Kier alpha value is -0.610. The smallest absolute Gasteiger partial charge is 0.0832 e. The first kappa shape index (κ1) is 14.3. The average Bonchev–Trinajstić information content (AvgIpc) is 2.87. The van der Waals surface area contributed by atoms with Gasteiger partial charge in [0.15, 0.2) is 0 Å². The molecule has 2 aliphatic heterocycles. The van der Waals surface area contributed by atoms with Crippen LogP contribution < -0.4 is 0 Å². The number of methoxy groups -OCH3 is 1. The molecule has 2 fully saturated rings. The summed E-state index contributed by atoms with van der Waals surface area (Å²) in [6.07, 6.45) is 3.52. The zero-order valence-corrected chi connectivity index (χ0v) is 12.7. The summed E-state index contributed by atoms with van der Waals surface area (Å²) in [7, 11) is 1.78. The first-order chi connectivity index (χ1) is 9.71. The Morgan fingerprint density at radius 3 is 2.75 bits per heavy atom. The van der Waals surface area contributed by atoms with Crippen molar-refractivity contribution in [3.05, 3.63) is 34.9 Å². The molecule has 1 aromatic carbocycles. The lowest BCUT2D eigenvalue weighted by molar-refractivity contribution is -0.0460. The number of ether oxygens (including phenoxy) is 2. The third-order valence-corrected chi connectivity index (χ3v) is 5.00. The number of hydrogen-bond donors (Lipinski definition) is 0. The largest absolute Gasteiger partial charge is 0.379 e. The molecule has 2 heterocycles. The van der Waals surface area contributed by atoms with Crippen molar-refractivity contribution in [1.29, 1.82) is 0 Å². The van der Waals surface area contributed by atoms with E-state index in [0.717, 1.165) is 50.5 Å². The van der Waals surface area contributed by atoms with E-state index in [1.165, 1.54) is 5.56 Å². The fraction of sp³-hybridized carbons (Fsp3) is 0.625. The van der Waals surface area contributed by atoms with Gasteiger partial charge in [-0.2, -0.15) is 0 Å². The van der Waals surface area contributed by atoms with Gasteiger partial charge < -0.3 is 9.47 Å². The number of hydrogen-bond acceptors (Lipinski definition) is 3. The van der Waals surface area contributed by atoms with E-state index in [0.29, 0.717) is 0 Å². The summed E-state index contributed by atoms with van der Waals surface area (Å²) in [5.41, 5.74) is 1.28. The summed E-state index contributed by atoms with van der Waals surface area (Å²) >= 11 is 6.23. The summed E-state index contributed by atoms with van der Waals surface area (Å²) in [6.45, 7) is 3.83. The number of benzene rings is 1. The fourth-order valence-electron chi connectivity index (χ4n) is 3.29. The molecule has 1 unspecified atom stereocenters. The van der Waals surface area contributed by atoms with Gasteiger partial charge in [0.2, 0.25) is 0 Å². The number of likely N-dealkylation sites (tertiary alicyclic amines) is 1. The normalized spacial score (nSPS) is 26.2. The quantitative estimate of drug-likeness (QED) is 0.855. The molecule has 0 amide bonds. The molecule has 20 heavy (non-hydrogen) atoms. The second-order valence-corrected chi connectivity index (χ2v) is 6.33. The van der Waals surface area contributed by atoms with Gasteiger partial charge in [-0.1, -0.05) is 29.8 Å². The molecular weight excluding hydrogens is 274 g/mol. The number of piperidine rings is 1. The summed E-state index contributed by atoms with van der Waals surface area (Å²) < 4.78 is 11.5. The Bertz CT molecular complexity index is 458. The second-order valence-electron chi connectivity index (χ2n) is 5.92.